The molecule has 8 nitrogen and oxygen atoms in total. The number of anilines is 1. The third-order valence-electron chi connectivity index (χ3n) is 6.24. The van der Waals surface area contributed by atoms with Crippen molar-refractivity contribution in [3.8, 4) is 0 Å². The van der Waals surface area contributed by atoms with Crippen molar-refractivity contribution in [1.29, 1.82) is 0 Å². The molecule has 0 bridgehead atoms. The van der Waals surface area contributed by atoms with Gasteiger partial charge in [-0.2, -0.15) is 4.31 Å². The van der Waals surface area contributed by atoms with Gasteiger partial charge in [-0.15, -0.1) is 0 Å². The zero-order valence-electron chi connectivity index (χ0n) is 18.9. The molecule has 2 aromatic carbocycles. The number of sulfonamides is 1. The van der Waals surface area contributed by atoms with E-state index in [0.29, 0.717) is 37.9 Å². The molecule has 34 heavy (non-hydrogen) atoms. The monoisotopic (exact) mass is 483 g/mol. The number of piperidine rings is 1. The number of carbonyl (C=O) groups excluding carboxylic acids is 2. The van der Waals surface area contributed by atoms with Crippen molar-refractivity contribution in [3.05, 3.63) is 72.8 Å². The lowest BCUT2D eigenvalue weighted by molar-refractivity contribution is -0.120. The average Bonchev–Trinajstić information content (AvgIpc) is 3.25. The lowest BCUT2D eigenvalue weighted by atomic mass is 9.94. The zero-order valence-corrected chi connectivity index (χ0v) is 19.7. The highest BCUT2D eigenvalue weighted by Gasteiger charge is 2.42. The van der Waals surface area contributed by atoms with E-state index >= 15 is 0 Å². The molecule has 0 radical (unpaired) electrons. The van der Waals surface area contributed by atoms with Gasteiger partial charge in [0.2, 0.25) is 21.8 Å². The Hall–Kier alpha value is -3.01. The molecule has 0 saturated carbocycles. The van der Waals surface area contributed by atoms with Crippen molar-refractivity contribution >= 4 is 27.5 Å². The number of amides is 2. The van der Waals surface area contributed by atoms with Crippen molar-refractivity contribution in [1.82, 2.24) is 9.62 Å². The van der Waals surface area contributed by atoms with Gasteiger partial charge in [0.15, 0.2) is 0 Å². The fourth-order valence-electron chi connectivity index (χ4n) is 4.44. The second kappa shape index (κ2) is 10.5. The van der Waals surface area contributed by atoms with Crippen LogP contribution in [0.4, 0.5) is 5.69 Å². The summed E-state index contributed by atoms with van der Waals surface area (Å²) in [6.07, 6.45) is 2.70. The second-order valence-corrected chi connectivity index (χ2v) is 10.5. The Labute approximate surface area is 200 Å². The van der Waals surface area contributed by atoms with Crippen molar-refractivity contribution < 1.29 is 22.7 Å². The van der Waals surface area contributed by atoms with Gasteiger partial charge in [0, 0.05) is 25.2 Å². The molecule has 2 aliphatic rings. The van der Waals surface area contributed by atoms with Crippen LogP contribution >= 0.6 is 0 Å². The first-order valence-electron chi connectivity index (χ1n) is 11.4. The smallest absolute Gasteiger partial charge is 0.245 e. The molecule has 2 heterocycles. The maximum absolute atomic E-state index is 13.3. The Kier molecular flexibility index (Phi) is 7.45. The zero-order chi connectivity index (χ0) is 24.1. The molecular weight excluding hydrogens is 454 g/mol. The molecule has 0 aromatic heterocycles. The SMILES string of the molecule is C=CC(=O)NC1CC2CCN(S(=O)(=O)c3cccc(NC(=O)CCc4ccccc4)c3)CC2O1. The quantitative estimate of drug-likeness (QED) is 0.562. The van der Waals surface area contributed by atoms with Crippen molar-refractivity contribution in [3.63, 3.8) is 0 Å². The summed E-state index contributed by atoms with van der Waals surface area (Å²) in [5, 5.41) is 5.53. The van der Waals surface area contributed by atoms with E-state index in [4.69, 9.17) is 4.74 Å². The first-order valence-corrected chi connectivity index (χ1v) is 12.8. The number of fused-ring (bicyclic) bond motifs is 1. The summed E-state index contributed by atoms with van der Waals surface area (Å²) < 4.78 is 33.9. The third-order valence-corrected chi connectivity index (χ3v) is 8.10. The minimum Gasteiger partial charge on any atom is -0.354 e. The number of hydrogen-bond donors (Lipinski definition) is 2. The molecule has 0 aliphatic carbocycles. The number of ether oxygens (including phenoxy) is 1. The Bertz CT molecular complexity index is 1150. The number of carbonyl (C=O) groups is 2. The van der Waals surface area contributed by atoms with E-state index in [9.17, 15) is 18.0 Å². The van der Waals surface area contributed by atoms with Crippen molar-refractivity contribution in [2.75, 3.05) is 18.4 Å². The molecule has 2 amide bonds. The average molecular weight is 484 g/mol. The molecule has 3 unspecified atom stereocenters. The topological polar surface area (TPSA) is 105 Å². The van der Waals surface area contributed by atoms with Crippen LogP contribution in [0.15, 0.2) is 72.1 Å². The third kappa shape index (κ3) is 5.72. The predicted molar refractivity (Wildman–Crippen MR) is 128 cm³/mol. The summed E-state index contributed by atoms with van der Waals surface area (Å²) in [7, 11) is -3.76. The Morgan fingerprint density at radius 3 is 2.71 bits per heavy atom. The van der Waals surface area contributed by atoms with Crippen LogP contribution in [-0.2, 0) is 30.8 Å². The molecule has 2 fully saturated rings. The van der Waals surface area contributed by atoms with Gasteiger partial charge in [-0.1, -0.05) is 43.0 Å². The molecule has 180 valence electrons. The van der Waals surface area contributed by atoms with Crippen LogP contribution in [0.3, 0.4) is 0 Å². The summed E-state index contributed by atoms with van der Waals surface area (Å²) >= 11 is 0. The highest BCUT2D eigenvalue weighted by atomic mass is 32.2. The van der Waals surface area contributed by atoms with Gasteiger partial charge in [-0.25, -0.2) is 8.42 Å². The standard InChI is InChI=1S/C25H29N3O5S/c1-2-23(29)27-25-15-19-13-14-28(17-22(19)33-25)34(31,32)21-10-6-9-20(16-21)26-24(30)12-11-18-7-4-3-5-8-18/h2-10,16,19,22,25H,1,11-15,17H2,(H,26,30)(H,27,29). The van der Waals surface area contributed by atoms with Crippen LogP contribution in [0.1, 0.15) is 24.8 Å². The summed E-state index contributed by atoms with van der Waals surface area (Å²) in [6.45, 7) is 4.04. The molecule has 9 heteroatoms. The van der Waals surface area contributed by atoms with E-state index in [1.807, 2.05) is 30.3 Å². The van der Waals surface area contributed by atoms with Crippen LogP contribution in [0, 0.1) is 5.92 Å². The van der Waals surface area contributed by atoms with Gasteiger partial charge < -0.3 is 15.4 Å². The number of rotatable bonds is 8. The molecular formula is C25H29N3O5S. The number of aryl methyl sites for hydroxylation is 1. The lowest BCUT2D eigenvalue weighted by Crippen LogP contribution is -2.45. The maximum atomic E-state index is 13.3. The maximum Gasteiger partial charge on any atom is 0.245 e. The fraction of sp³-hybridized carbons (Fsp3) is 0.360. The molecule has 2 saturated heterocycles. The molecule has 3 atom stereocenters. The summed E-state index contributed by atoms with van der Waals surface area (Å²) in [6, 6.07) is 16.0. The molecule has 4 rings (SSSR count). The largest absolute Gasteiger partial charge is 0.354 e. The Morgan fingerprint density at radius 2 is 1.94 bits per heavy atom. The minimum atomic E-state index is -3.76. The van der Waals surface area contributed by atoms with Crippen LogP contribution in [0.2, 0.25) is 0 Å². The molecule has 2 aromatic rings. The van der Waals surface area contributed by atoms with Crippen LogP contribution in [0.25, 0.3) is 0 Å². The first-order chi connectivity index (χ1) is 16.3. The van der Waals surface area contributed by atoms with Gasteiger partial charge in [-0.05, 0) is 55.0 Å². The fourth-order valence-corrected chi connectivity index (χ4v) is 5.95. The number of nitrogens with zero attached hydrogens (tertiary/aromatic N) is 1. The van der Waals surface area contributed by atoms with Gasteiger partial charge >= 0.3 is 0 Å². The van der Waals surface area contributed by atoms with E-state index in [-0.39, 0.29) is 35.3 Å². The van der Waals surface area contributed by atoms with Crippen molar-refractivity contribution in [2.45, 2.75) is 42.9 Å². The van der Waals surface area contributed by atoms with E-state index < -0.39 is 16.3 Å². The number of benzene rings is 2. The highest BCUT2D eigenvalue weighted by Crippen LogP contribution is 2.34. The predicted octanol–water partition coefficient (Wildman–Crippen LogP) is 2.69. The summed E-state index contributed by atoms with van der Waals surface area (Å²) in [5.74, 6) is -0.293. The summed E-state index contributed by atoms with van der Waals surface area (Å²) in [4.78, 5) is 24.1. The van der Waals surface area contributed by atoms with Crippen molar-refractivity contribution in [2.24, 2.45) is 5.92 Å². The lowest BCUT2D eigenvalue weighted by Gasteiger charge is -2.33. The number of nitrogens with one attached hydrogen (secondary N) is 2. The van der Waals surface area contributed by atoms with E-state index in [2.05, 4.69) is 17.2 Å². The van der Waals surface area contributed by atoms with Gasteiger partial charge in [-0.3, -0.25) is 9.59 Å². The van der Waals surface area contributed by atoms with E-state index in [1.165, 1.54) is 22.5 Å². The van der Waals surface area contributed by atoms with Crippen LogP contribution in [0.5, 0.6) is 0 Å². The normalized spacial score (nSPS) is 22.5. The Morgan fingerprint density at radius 1 is 1.15 bits per heavy atom. The van der Waals surface area contributed by atoms with Gasteiger partial charge in [0.25, 0.3) is 0 Å². The Balaban J connectivity index is 1.37. The van der Waals surface area contributed by atoms with Crippen LogP contribution in [-0.4, -0.2) is 50.0 Å². The second-order valence-electron chi connectivity index (χ2n) is 8.59. The molecule has 0 spiro atoms. The van der Waals surface area contributed by atoms with Gasteiger partial charge in [0.05, 0.1) is 11.0 Å². The first kappa shape index (κ1) is 24.1. The van der Waals surface area contributed by atoms with E-state index in [0.717, 1.165) is 5.56 Å². The van der Waals surface area contributed by atoms with Gasteiger partial charge in [0.1, 0.15) is 6.23 Å². The molecule has 2 N–H and O–H groups in total. The minimum absolute atomic E-state index is 0.126. The van der Waals surface area contributed by atoms with Crippen LogP contribution < -0.4 is 10.6 Å². The molecule has 2 aliphatic heterocycles. The highest BCUT2D eigenvalue weighted by molar-refractivity contribution is 7.89. The summed E-state index contributed by atoms with van der Waals surface area (Å²) in [5.41, 5.74) is 1.51. The number of hydrogen-bond acceptors (Lipinski definition) is 5. The van der Waals surface area contributed by atoms with E-state index in [1.54, 1.807) is 12.1 Å².